The number of ether oxygens (including phenoxy) is 1. The summed E-state index contributed by atoms with van der Waals surface area (Å²) >= 11 is 3.54. The van der Waals surface area contributed by atoms with Crippen LogP contribution in [0.4, 0.5) is 0 Å². The lowest BCUT2D eigenvalue weighted by Crippen LogP contribution is -2.11. The van der Waals surface area contributed by atoms with E-state index in [0.29, 0.717) is 12.2 Å². The number of carbonyl (C=O) groups excluding carboxylic acids is 1. The summed E-state index contributed by atoms with van der Waals surface area (Å²) in [6.07, 6.45) is 0. The lowest BCUT2D eigenvalue weighted by atomic mass is 10.1. The van der Waals surface area contributed by atoms with Crippen molar-refractivity contribution in [1.29, 1.82) is 0 Å². The van der Waals surface area contributed by atoms with Gasteiger partial charge >= 0.3 is 0 Å². The molecule has 0 atom stereocenters. The first kappa shape index (κ1) is 15.6. The van der Waals surface area contributed by atoms with Crippen molar-refractivity contribution in [2.75, 3.05) is 0 Å². The Morgan fingerprint density at radius 2 is 1.71 bits per heavy atom. The van der Waals surface area contributed by atoms with Crippen LogP contribution in [0.3, 0.4) is 0 Å². The van der Waals surface area contributed by atoms with Crippen LogP contribution in [0.2, 0.25) is 0 Å². The van der Waals surface area contributed by atoms with E-state index in [-0.39, 0.29) is 0 Å². The minimum absolute atomic E-state index is 0.412. The van der Waals surface area contributed by atoms with E-state index in [1.165, 1.54) is 0 Å². The molecule has 0 heterocycles. The quantitative estimate of drug-likeness (QED) is 0.906. The average molecular weight is 348 g/mol. The van der Waals surface area contributed by atoms with Crippen molar-refractivity contribution in [3.05, 3.63) is 62.6 Å². The van der Waals surface area contributed by atoms with E-state index in [2.05, 4.69) is 15.9 Å². The van der Waals surface area contributed by atoms with Crippen LogP contribution in [0.1, 0.15) is 32.6 Å². The molecule has 2 aromatic rings. The number of halogens is 1. The largest absolute Gasteiger partial charge is 0.489 e. The fraction of sp³-hybridized carbons (Fsp3) is 0.235. The number of aryl methyl sites for hydroxylation is 3. The van der Waals surface area contributed by atoms with E-state index in [0.717, 1.165) is 32.5 Å². The molecule has 0 aromatic heterocycles. The summed E-state index contributed by atoms with van der Waals surface area (Å²) < 4.78 is 6.96. The van der Waals surface area contributed by atoms with E-state index in [1.54, 1.807) is 12.1 Å². The molecular weight excluding hydrogens is 330 g/mol. The Kier molecular flexibility index (Phi) is 4.68. The highest BCUT2D eigenvalue weighted by Gasteiger charge is 2.07. The van der Waals surface area contributed by atoms with Gasteiger partial charge in [0.1, 0.15) is 12.4 Å². The molecule has 2 N–H and O–H groups in total. The molecule has 2 aromatic carbocycles. The fourth-order valence-corrected chi connectivity index (χ4v) is 2.39. The van der Waals surface area contributed by atoms with Gasteiger partial charge in [-0.05, 0) is 67.3 Å². The van der Waals surface area contributed by atoms with Crippen LogP contribution in [0.5, 0.6) is 5.75 Å². The fourth-order valence-electron chi connectivity index (χ4n) is 2.16. The highest BCUT2D eigenvalue weighted by Crippen LogP contribution is 2.27. The molecule has 0 radical (unpaired) electrons. The first-order chi connectivity index (χ1) is 9.88. The minimum atomic E-state index is -0.412. The molecule has 2 rings (SSSR count). The molecule has 0 aliphatic heterocycles. The molecule has 21 heavy (non-hydrogen) atoms. The Hall–Kier alpha value is -1.81. The van der Waals surface area contributed by atoms with Gasteiger partial charge in [0.2, 0.25) is 5.91 Å². The monoisotopic (exact) mass is 347 g/mol. The standard InChI is InChI=1S/C17H18BrNO2/c1-10-6-13(17(19)20)4-5-14(10)9-21-15-7-11(2)16(18)12(3)8-15/h4-8H,9H2,1-3H3,(H2,19,20). The lowest BCUT2D eigenvalue weighted by Gasteiger charge is -2.12. The third kappa shape index (κ3) is 3.64. The highest BCUT2D eigenvalue weighted by molar-refractivity contribution is 9.10. The molecule has 0 fully saturated rings. The summed E-state index contributed by atoms with van der Waals surface area (Å²) in [4.78, 5) is 11.1. The predicted octanol–water partition coefficient (Wildman–Crippen LogP) is 4.05. The number of amides is 1. The molecule has 0 saturated heterocycles. The molecule has 4 heteroatoms. The molecule has 3 nitrogen and oxygen atoms in total. The number of nitrogens with two attached hydrogens (primary N) is 1. The lowest BCUT2D eigenvalue weighted by molar-refractivity contribution is 0.1000. The van der Waals surface area contributed by atoms with Crippen molar-refractivity contribution in [2.24, 2.45) is 5.73 Å². The van der Waals surface area contributed by atoms with Crippen LogP contribution in [0.15, 0.2) is 34.8 Å². The Morgan fingerprint density at radius 3 is 2.24 bits per heavy atom. The van der Waals surface area contributed by atoms with E-state index >= 15 is 0 Å². The zero-order chi connectivity index (χ0) is 15.6. The first-order valence-electron chi connectivity index (χ1n) is 6.67. The summed E-state index contributed by atoms with van der Waals surface area (Å²) in [6, 6.07) is 9.41. The van der Waals surface area contributed by atoms with Crippen molar-refractivity contribution >= 4 is 21.8 Å². The van der Waals surface area contributed by atoms with Crippen LogP contribution < -0.4 is 10.5 Å². The van der Waals surface area contributed by atoms with Crippen molar-refractivity contribution < 1.29 is 9.53 Å². The average Bonchev–Trinajstić information content (AvgIpc) is 2.43. The van der Waals surface area contributed by atoms with Crippen LogP contribution in [-0.2, 0) is 6.61 Å². The van der Waals surface area contributed by atoms with Gasteiger partial charge in [-0.3, -0.25) is 4.79 Å². The predicted molar refractivity (Wildman–Crippen MR) is 87.6 cm³/mol. The minimum Gasteiger partial charge on any atom is -0.489 e. The maximum absolute atomic E-state index is 11.1. The Bertz CT molecular complexity index is 672. The highest BCUT2D eigenvalue weighted by atomic mass is 79.9. The molecule has 0 aliphatic carbocycles. The van der Waals surface area contributed by atoms with E-state index in [4.69, 9.17) is 10.5 Å². The van der Waals surface area contributed by atoms with Crippen LogP contribution in [0.25, 0.3) is 0 Å². The number of primary amides is 1. The molecule has 0 unspecified atom stereocenters. The maximum atomic E-state index is 11.1. The van der Waals surface area contributed by atoms with Gasteiger partial charge in [0.25, 0.3) is 0 Å². The second kappa shape index (κ2) is 6.31. The molecule has 110 valence electrons. The summed E-state index contributed by atoms with van der Waals surface area (Å²) in [5.74, 6) is 0.427. The van der Waals surface area contributed by atoms with E-state index in [1.807, 2.05) is 39.0 Å². The van der Waals surface area contributed by atoms with Crippen molar-refractivity contribution in [3.8, 4) is 5.75 Å². The first-order valence-corrected chi connectivity index (χ1v) is 7.46. The van der Waals surface area contributed by atoms with Gasteiger partial charge < -0.3 is 10.5 Å². The van der Waals surface area contributed by atoms with Gasteiger partial charge in [0, 0.05) is 10.0 Å². The van der Waals surface area contributed by atoms with Gasteiger partial charge in [0.15, 0.2) is 0 Å². The number of carbonyl (C=O) groups is 1. The van der Waals surface area contributed by atoms with Crippen LogP contribution in [0, 0.1) is 20.8 Å². The Labute approximate surface area is 133 Å². The molecular formula is C17H18BrNO2. The van der Waals surface area contributed by atoms with Gasteiger partial charge in [-0.15, -0.1) is 0 Å². The SMILES string of the molecule is Cc1cc(C(N)=O)ccc1COc1cc(C)c(Br)c(C)c1. The Balaban J connectivity index is 2.15. The summed E-state index contributed by atoms with van der Waals surface area (Å²) in [7, 11) is 0. The molecule has 0 bridgehead atoms. The number of hydrogen-bond acceptors (Lipinski definition) is 2. The summed E-state index contributed by atoms with van der Waals surface area (Å²) in [5.41, 5.74) is 10.1. The van der Waals surface area contributed by atoms with Gasteiger partial charge in [-0.1, -0.05) is 22.0 Å². The summed E-state index contributed by atoms with van der Waals surface area (Å²) in [5, 5.41) is 0. The van der Waals surface area contributed by atoms with E-state index in [9.17, 15) is 4.79 Å². The number of hydrogen-bond donors (Lipinski definition) is 1. The Morgan fingerprint density at radius 1 is 1.10 bits per heavy atom. The topological polar surface area (TPSA) is 52.3 Å². The van der Waals surface area contributed by atoms with Crippen LogP contribution >= 0.6 is 15.9 Å². The van der Waals surface area contributed by atoms with Gasteiger partial charge in [0.05, 0.1) is 0 Å². The number of rotatable bonds is 4. The second-order valence-electron chi connectivity index (χ2n) is 5.17. The summed E-state index contributed by atoms with van der Waals surface area (Å²) in [6.45, 7) is 6.49. The van der Waals surface area contributed by atoms with Crippen LogP contribution in [-0.4, -0.2) is 5.91 Å². The van der Waals surface area contributed by atoms with Crippen molar-refractivity contribution in [1.82, 2.24) is 0 Å². The van der Waals surface area contributed by atoms with Gasteiger partial charge in [-0.2, -0.15) is 0 Å². The second-order valence-corrected chi connectivity index (χ2v) is 5.96. The smallest absolute Gasteiger partial charge is 0.248 e. The van der Waals surface area contributed by atoms with Crippen molar-refractivity contribution in [2.45, 2.75) is 27.4 Å². The molecule has 0 spiro atoms. The maximum Gasteiger partial charge on any atom is 0.248 e. The molecule has 0 aliphatic rings. The molecule has 1 amide bonds. The molecule has 0 saturated carbocycles. The third-order valence-corrected chi connectivity index (χ3v) is 4.68. The zero-order valence-corrected chi connectivity index (χ0v) is 14.0. The van der Waals surface area contributed by atoms with E-state index < -0.39 is 5.91 Å². The zero-order valence-electron chi connectivity index (χ0n) is 12.4. The van der Waals surface area contributed by atoms with Crippen molar-refractivity contribution in [3.63, 3.8) is 0 Å². The normalized spacial score (nSPS) is 10.5. The van der Waals surface area contributed by atoms with Gasteiger partial charge in [-0.25, -0.2) is 0 Å². The number of benzene rings is 2. The third-order valence-electron chi connectivity index (χ3n) is 3.43.